The van der Waals surface area contributed by atoms with Gasteiger partial charge in [0, 0.05) is 38.7 Å². The Morgan fingerprint density at radius 2 is 1.58 bits per heavy atom. The molecule has 1 aliphatic heterocycles. The van der Waals surface area contributed by atoms with Crippen molar-refractivity contribution in [2.24, 2.45) is 5.10 Å². The minimum Gasteiger partial charge on any atom is -0.267 e. The number of amides is 1. The fraction of sp³-hybridized carbons (Fsp3) is 0.0938. The Bertz CT molecular complexity index is 1690. The third-order valence-electron chi connectivity index (χ3n) is 6.87. The Morgan fingerprint density at radius 1 is 0.895 bits per heavy atom. The highest BCUT2D eigenvalue weighted by Gasteiger charge is 2.35. The van der Waals surface area contributed by atoms with E-state index < -0.39 is 0 Å². The van der Waals surface area contributed by atoms with Crippen molar-refractivity contribution in [3.63, 3.8) is 0 Å². The molecule has 4 nitrogen and oxygen atoms in total. The number of carbonyl (C=O) groups excluding carboxylic acids is 1. The second-order valence-corrected chi connectivity index (χ2v) is 10.2. The summed E-state index contributed by atoms with van der Waals surface area (Å²) in [6, 6.07) is 31.5. The van der Waals surface area contributed by atoms with Crippen molar-refractivity contribution in [2.75, 3.05) is 0 Å². The molecule has 6 heteroatoms. The van der Waals surface area contributed by atoms with Gasteiger partial charge in [0.2, 0.25) is 0 Å². The van der Waals surface area contributed by atoms with Crippen LogP contribution < -0.4 is 0 Å². The quantitative estimate of drug-likeness (QED) is 0.221. The predicted molar refractivity (Wildman–Crippen MR) is 153 cm³/mol. The van der Waals surface area contributed by atoms with Gasteiger partial charge < -0.3 is 0 Å². The Hall–Kier alpha value is -4.16. The lowest BCUT2D eigenvalue weighted by atomic mass is 9.89. The Balaban J connectivity index is 1.56. The van der Waals surface area contributed by atoms with Gasteiger partial charge in [-0.1, -0.05) is 76.6 Å². The first-order valence-electron chi connectivity index (χ1n) is 12.4. The molecule has 6 rings (SSSR count). The van der Waals surface area contributed by atoms with E-state index in [4.69, 9.17) is 10.1 Å². The average molecular weight is 564 g/mol. The van der Waals surface area contributed by atoms with Crippen molar-refractivity contribution in [3.05, 3.63) is 136 Å². The van der Waals surface area contributed by atoms with Gasteiger partial charge in [0.25, 0.3) is 5.91 Å². The summed E-state index contributed by atoms with van der Waals surface area (Å²) in [5.74, 6) is -0.660. The molecule has 38 heavy (non-hydrogen) atoms. The number of pyridine rings is 1. The van der Waals surface area contributed by atoms with Crippen LogP contribution in [0.25, 0.3) is 22.0 Å². The third-order valence-corrected chi connectivity index (χ3v) is 7.37. The lowest BCUT2D eigenvalue weighted by Crippen LogP contribution is -2.27. The topological polar surface area (TPSA) is 45.6 Å². The number of rotatable bonds is 4. The number of fused-ring (bicyclic) bond motifs is 1. The lowest BCUT2D eigenvalue weighted by molar-refractivity contribution is 0.0711. The van der Waals surface area contributed by atoms with Crippen LogP contribution in [0, 0.1) is 12.7 Å². The number of halogens is 2. The Kier molecular flexibility index (Phi) is 6.34. The standard InChI is InChI=1S/C32H23BrFN3O/c1-20-30(31(22-10-6-3-7-11-22)26-18-24(33)14-17-27(26)35-20)28-19-29(21-8-4-2-5-9-21)37(36-28)32(38)23-12-15-25(34)16-13-23/h2-18,29H,19H2,1H3. The Morgan fingerprint density at radius 3 is 2.29 bits per heavy atom. The molecule has 0 N–H and O–H groups in total. The molecule has 186 valence electrons. The number of carbonyl (C=O) groups is 1. The fourth-order valence-electron chi connectivity index (χ4n) is 5.12. The first kappa shape index (κ1) is 24.2. The van der Waals surface area contributed by atoms with Crippen molar-refractivity contribution in [3.8, 4) is 11.1 Å². The van der Waals surface area contributed by atoms with Gasteiger partial charge in [-0.2, -0.15) is 5.10 Å². The summed E-state index contributed by atoms with van der Waals surface area (Å²) in [5, 5.41) is 7.49. The van der Waals surface area contributed by atoms with Crippen LogP contribution in [0.2, 0.25) is 0 Å². The zero-order chi connectivity index (χ0) is 26.2. The molecule has 5 aromatic rings. The minimum absolute atomic E-state index is 0.274. The van der Waals surface area contributed by atoms with Crippen LogP contribution in [-0.2, 0) is 0 Å². The molecule has 1 aliphatic rings. The number of nitrogens with zero attached hydrogens (tertiary/aromatic N) is 3. The molecular weight excluding hydrogens is 541 g/mol. The van der Waals surface area contributed by atoms with Gasteiger partial charge in [0.15, 0.2) is 0 Å². The van der Waals surface area contributed by atoms with Crippen molar-refractivity contribution in [1.82, 2.24) is 9.99 Å². The van der Waals surface area contributed by atoms with Crippen LogP contribution >= 0.6 is 15.9 Å². The molecule has 0 saturated carbocycles. The van der Waals surface area contributed by atoms with Crippen LogP contribution in [0.4, 0.5) is 4.39 Å². The van der Waals surface area contributed by atoms with Crippen LogP contribution in [0.1, 0.15) is 39.6 Å². The van der Waals surface area contributed by atoms with E-state index >= 15 is 0 Å². The van der Waals surface area contributed by atoms with Crippen molar-refractivity contribution >= 4 is 38.5 Å². The summed E-state index contributed by atoms with van der Waals surface area (Å²) in [6.07, 6.45) is 0.527. The van der Waals surface area contributed by atoms with Crippen LogP contribution in [0.3, 0.4) is 0 Å². The van der Waals surface area contributed by atoms with Gasteiger partial charge in [-0.15, -0.1) is 0 Å². The molecular formula is C32H23BrFN3O. The highest BCUT2D eigenvalue weighted by atomic mass is 79.9. The maximum absolute atomic E-state index is 13.7. The first-order valence-corrected chi connectivity index (χ1v) is 13.2. The summed E-state index contributed by atoms with van der Waals surface area (Å²) < 4.78 is 14.6. The minimum atomic E-state index is -0.386. The van der Waals surface area contributed by atoms with Gasteiger partial charge in [0.05, 0.1) is 17.3 Å². The SMILES string of the molecule is Cc1nc2ccc(Br)cc2c(-c2ccccc2)c1C1=NN(C(=O)c2ccc(F)cc2)C(c2ccccc2)C1. The van der Waals surface area contributed by atoms with Crippen LogP contribution in [-0.4, -0.2) is 21.6 Å². The predicted octanol–water partition coefficient (Wildman–Crippen LogP) is 8.10. The highest BCUT2D eigenvalue weighted by molar-refractivity contribution is 9.10. The largest absolute Gasteiger partial charge is 0.274 e. The molecule has 4 aromatic carbocycles. The van der Waals surface area contributed by atoms with Gasteiger partial charge in [-0.25, -0.2) is 9.40 Å². The van der Waals surface area contributed by atoms with Gasteiger partial charge in [-0.3, -0.25) is 9.78 Å². The molecule has 1 atom stereocenters. The third kappa shape index (κ3) is 4.41. The van der Waals surface area contributed by atoms with Crippen molar-refractivity contribution in [1.29, 1.82) is 0 Å². The zero-order valence-corrected chi connectivity index (χ0v) is 22.2. The van der Waals surface area contributed by atoms with Gasteiger partial charge >= 0.3 is 0 Å². The summed E-state index contributed by atoms with van der Waals surface area (Å²) >= 11 is 3.63. The van der Waals surface area contributed by atoms with E-state index in [0.717, 1.165) is 49.0 Å². The number of aromatic nitrogens is 1. The van der Waals surface area contributed by atoms with E-state index in [1.54, 1.807) is 0 Å². The van der Waals surface area contributed by atoms with E-state index in [1.807, 2.05) is 67.6 Å². The number of hydrazone groups is 1. The normalized spacial score (nSPS) is 15.1. The molecule has 0 fully saturated rings. The summed E-state index contributed by atoms with van der Waals surface area (Å²) in [7, 11) is 0. The van der Waals surface area contributed by atoms with Crippen LogP contribution in [0.5, 0.6) is 0 Å². The van der Waals surface area contributed by atoms with E-state index in [2.05, 4.69) is 34.1 Å². The second-order valence-electron chi connectivity index (χ2n) is 9.31. The smallest absolute Gasteiger partial charge is 0.267 e. The van der Waals surface area contributed by atoms with E-state index in [9.17, 15) is 9.18 Å². The maximum Gasteiger partial charge on any atom is 0.274 e. The summed E-state index contributed by atoms with van der Waals surface area (Å²) in [4.78, 5) is 18.6. The molecule has 0 aliphatic carbocycles. The monoisotopic (exact) mass is 563 g/mol. The molecule has 0 spiro atoms. The van der Waals surface area contributed by atoms with Crippen molar-refractivity contribution in [2.45, 2.75) is 19.4 Å². The molecule has 0 bridgehead atoms. The van der Waals surface area contributed by atoms with E-state index in [0.29, 0.717) is 12.0 Å². The summed E-state index contributed by atoms with van der Waals surface area (Å²) in [6.45, 7) is 1.99. The number of hydrogen-bond donors (Lipinski definition) is 0. The molecule has 0 radical (unpaired) electrons. The lowest BCUT2D eigenvalue weighted by Gasteiger charge is -2.22. The van der Waals surface area contributed by atoms with E-state index in [-0.39, 0.29) is 17.8 Å². The number of hydrogen-bond acceptors (Lipinski definition) is 3. The van der Waals surface area contributed by atoms with Gasteiger partial charge in [-0.05, 0) is 60.5 Å². The number of aryl methyl sites for hydroxylation is 1. The van der Waals surface area contributed by atoms with Crippen LogP contribution in [0.15, 0.2) is 113 Å². The highest BCUT2D eigenvalue weighted by Crippen LogP contribution is 2.40. The maximum atomic E-state index is 13.7. The number of benzene rings is 4. The fourth-order valence-corrected chi connectivity index (χ4v) is 5.49. The van der Waals surface area contributed by atoms with Crippen molar-refractivity contribution < 1.29 is 9.18 Å². The molecule has 1 aromatic heterocycles. The van der Waals surface area contributed by atoms with E-state index in [1.165, 1.54) is 29.3 Å². The average Bonchev–Trinajstić information content (AvgIpc) is 3.38. The Labute approximate surface area is 228 Å². The van der Waals surface area contributed by atoms with Gasteiger partial charge in [0.1, 0.15) is 5.82 Å². The molecule has 1 amide bonds. The zero-order valence-electron chi connectivity index (χ0n) is 20.6. The second kappa shape index (κ2) is 9.95. The summed E-state index contributed by atoms with van der Waals surface area (Å²) in [5.41, 5.74) is 6.92. The first-order chi connectivity index (χ1) is 18.5. The molecule has 1 unspecified atom stereocenters. The molecule has 0 saturated heterocycles. The molecule has 2 heterocycles.